The second-order valence-corrected chi connectivity index (χ2v) is 8.67. The molecule has 5 rings (SSSR count). The summed E-state index contributed by atoms with van der Waals surface area (Å²) in [7, 11) is 0. The zero-order valence-corrected chi connectivity index (χ0v) is 19.6. The molecule has 180 valence electrons. The number of ether oxygens (including phenoxy) is 1. The summed E-state index contributed by atoms with van der Waals surface area (Å²) in [5, 5.41) is 8.55. The lowest BCUT2D eigenvalue weighted by Gasteiger charge is -2.33. The van der Waals surface area contributed by atoms with Gasteiger partial charge in [-0.3, -0.25) is 14.5 Å². The van der Waals surface area contributed by atoms with Crippen LogP contribution in [0.4, 0.5) is 0 Å². The molecule has 35 heavy (non-hydrogen) atoms. The number of hydrogen-bond acceptors (Lipinski definition) is 6. The van der Waals surface area contributed by atoms with Gasteiger partial charge in [0.15, 0.2) is 5.69 Å². The summed E-state index contributed by atoms with van der Waals surface area (Å²) in [6.07, 6.45) is 0. The number of furan rings is 1. The maximum atomic E-state index is 13.4. The van der Waals surface area contributed by atoms with E-state index in [1.165, 1.54) is 4.68 Å². The second-order valence-electron chi connectivity index (χ2n) is 8.67. The van der Waals surface area contributed by atoms with Crippen LogP contribution in [0.5, 0.6) is 0 Å². The highest BCUT2D eigenvalue weighted by Crippen LogP contribution is 2.24. The van der Waals surface area contributed by atoms with Crippen molar-refractivity contribution in [2.24, 2.45) is 0 Å². The molecule has 1 fully saturated rings. The first kappa shape index (κ1) is 23.0. The molecular formula is C27H28N4O4. The molecular weight excluding hydrogens is 444 g/mol. The van der Waals surface area contributed by atoms with Gasteiger partial charge < -0.3 is 14.5 Å². The zero-order chi connectivity index (χ0) is 24.2. The normalized spacial score (nSPS) is 15.2. The number of aromatic nitrogens is 2. The third-order valence-corrected chi connectivity index (χ3v) is 6.29. The number of carbonyl (C=O) groups is 1. The fourth-order valence-electron chi connectivity index (χ4n) is 4.47. The Morgan fingerprint density at radius 1 is 1.00 bits per heavy atom. The molecule has 0 aliphatic carbocycles. The van der Waals surface area contributed by atoms with Crippen LogP contribution in [0.1, 0.15) is 33.6 Å². The number of rotatable bonds is 7. The van der Waals surface area contributed by atoms with Gasteiger partial charge in [-0.2, -0.15) is 5.10 Å². The number of fused-ring (bicyclic) bond motifs is 1. The van der Waals surface area contributed by atoms with Crippen LogP contribution in [0.25, 0.3) is 10.8 Å². The quantitative estimate of drug-likeness (QED) is 0.445. The van der Waals surface area contributed by atoms with Crippen molar-refractivity contribution in [3.05, 3.63) is 99.9 Å². The van der Waals surface area contributed by atoms with E-state index in [4.69, 9.17) is 9.15 Å². The van der Waals surface area contributed by atoms with Crippen LogP contribution >= 0.6 is 0 Å². The van der Waals surface area contributed by atoms with Crippen molar-refractivity contribution < 1.29 is 13.9 Å². The SMILES string of the molecule is Cc1ccc(C(CNC(=O)c2nn(Cc3ccccc3)c(=O)c3ccccc23)N2CCOCC2)o1. The third kappa shape index (κ3) is 5.03. The van der Waals surface area contributed by atoms with Crippen LogP contribution in [0, 0.1) is 6.92 Å². The summed E-state index contributed by atoms with van der Waals surface area (Å²) < 4.78 is 12.8. The van der Waals surface area contributed by atoms with Gasteiger partial charge >= 0.3 is 0 Å². The van der Waals surface area contributed by atoms with Gasteiger partial charge in [0.25, 0.3) is 11.5 Å². The van der Waals surface area contributed by atoms with Gasteiger partial charge in [-0.15, -0.1) is 0 Å². The lowest BCUT2D eigenvalue weighted by Crippen LogP contribution is -2.44. The number of morpholine rings is 1. The monoisotopic (exact) mass is 472 g/mol. The van der Waals surface area contributed by atoms with Crippen molar-refractivity contribution in [2.75, 3.05) is 32.8 Å². The highest BCUT2D eigenvalue weighted by molar-refractivity contribution is 6.04. The summed E-state index contributed by atoms with van der Waals surface area (Å²) in [4.78, 5) is 28.8. The molecule has 1 amide bonds. The Morgan fingerprint density at radius 3 is 2.43 bits per heavy atom. The van der Waals surface area contributed by atoms with Crippen LogP contribution in [0.3, 0.4) is 0 Å². The zero-order valence-electron chi connectivity index (χ0n) is 19.6. The Balaban J connectivity index is 1.44. The minimum absolute atomic E-state index is 0.127. The molecule has 3 heterocycles. The van der Waals surface area contributed by atoms with Gasteiger partial charge in [0.05, 0.1) is 31.2 Å². The third-order valence-electron chi connectivity index (χ3n) is 6.29. The summed E-state index contributed by atoms with van der Waals surface area (Å²) >= 11 is 0. The average Bonchev–Trinajstić information content (AvgIpc) is 3.33. The largest absolute Gasteiger partial charge is 0.465 e. The van der Waals surface area contributed by atoms with E-state index in [1.807, 2.05) is 55.5 Å². The smallest absolute Gasteiger partial charge is 0.274 e. The van der Waals surface area contributed by atoms with E-state index in [0.717, 1.165) is 30.2 Å². The topological polar surface area (TPSA) is 89.6 Å². The molecule has 1 saturated heterocycles. The lowest BCUT2D eigenvalue weighted by molar-refractivity contribution is 0.0117. The van der Waals surface area contributed by atoms with Gasteiger partial charge in [0.2, 0.25) is 0 Å². The molecule has 1 aliphatic rings. The number of benzene rings is 2. The standard InChI is InChI=1S/C27H28N4O4/c1-19-11-12-24(35-19)23(30-13-15-34-16-14-30)17-28-26(32)25-21-9-5-6-10-22(21)27(33)31(29-25)18-20-7-3-2-4-8-20/h2-12,23H,13-18H2,1H3,(H,28,32). The molecule has 0 bridgehead atoms. The number of nitrogens with one attached hydrogen (secondary N) is 1. The van der Waals surface area contributed by atoms with Crippen LogP contribution in [-0.4, -0.2) is 53.4 Å². The van der Waals surface area contributed by atoms with Gasteiger partial charge in [-0.1, -0.05) is 48.5 Å². The number of nitrogens with zero attached hydrogens (tertiary/aromatic N) is 3. The first-order valence-electron chi connectivity index (χ1n) is 11.8. The predicted octanol–water partition coefficient (Wildman–Crippen LogP) is 3.15. The van der Waals surface area contributed by atoms with Crippen molar-refractivity contribution in [1.82, 2.24) is 20.0 Å². The van der Waals surface area contributed by atoms with Gasteiger partial charge in [0.1, 0.15) is 11.5 Å². The Morgan fingerprint density at radius 2 is 1.71 bits per heavy atom. The minimum atomic E-state index is -0.329. The molecule has 1 unspecified atom stereocenters. The maximum Gasteiger partial charge on any atom is 0.274 e. The van der Waals surface area contributed by atoms with E-state index in [-0.39, 0.29) is 29.7 Å². The van der Waals surface area contributed by atoms with Gasteiger partial charge in [-0.05, 0) is 30.7 Å². The number of carbonyl (C=O) groups excluding carboxylic acids is 1. The lowest BCUT2D eigenvalue weighted by atomic mass is 10.1. The first-order valence-corrected chi connectivity index (χ1v) is 11.8. The molecule has 2 aromatic heterocycles. The molecule has 0 saturated carbocycles. The molecule has 0 spiro atoms. The van der Waals surface area contributed by atoms with Crippen LogP contribution in [0.15, 0.2) is 75.9 Å². The molecule has 0 radical (unpaired) electrons. The second kappa shape index (κ2) is 10.2. The Kier molecular flexibility index (Phi) is 6.74. The van der Waals surface area contributed by atoms with Crippen molar-refractivity contribution >= 4 is 16.7 Å². The Bertz CT molecular complexity index is 1370. The van der Waals surface area contributed by atoms with Crippen molar-refractivity contribution in [3.63, 3.8) is 0 Å². The molecule has 4 aromatic rings. The van der Waals surface area contributed by atoms with E-state index >= 15 is 0 Å². The molecule has 8 heteroatoms. The van der Waals surface area contributed by atoms with Crippen LogP contribution in [-0.2, 0) is 11.3 Å². The van der Waals surface area contributed by atoms with Crippen molar-refractivity contribution in [3.8, 4) is 0 Å². The molecule has 1 atom stereocenters. The van der Waals surface area contributed by atoms with Crippen LogP contribution in [0.2, 0.25) is 0 Å². The van der Waals surface area contributed by atoms with E-state index < -0.39 is 0 Å². The fraction of sp³-hybridized carbons (Fsp3) is 0.296. The van der Waals surface area contributed by atoms with E-state index in [9.17, 15) is 9.59 Å². The molecule has 1 aliphatic heterocycles. The van der Waals surface area contributed by atoms with E-state index in [2.05, 4.69) is 15.3 Å². The Hall–Kier alpha value is -3.75. The highest BCUT2D eigenvalue weighted by atomic mass is 16.5. The van der Waals surface area contributed by atoms with Gasteiger partial charge in [0, 0.05) is 25.0 Å². The van der Waals surface area contributed by atoms with Crippen LogP contribution < -0.4 is 10.9 Å². The van der Waals surface area contributed by atoms with Gasteiger partial charge in [-0.25, -0.2) is 4.68 Å². The minimum Gasteiger partial charge on any atom is -0.465 e. The summed E-state index contributed by atoms with van der Waals surface area (Å²) in [6, 6.07) is 20.5. The maximum absolute atomic E-state index is 13.4. The summed E-state index contributed by atoms with van der Waals surface area (Å²) in [5.41, 5.74) is 0.940. The molecule has 2 aromatic carbocycles. The number of aryl methyl sites for hydroxylation is 1. The summed E-state index contributed by atoms with van der Waals surface area (Å²) in [5.74, 6) is 1.30. The van der Waals surface area contributed by atoms with E-state index in [0.29, 0.717) is 30.5 Å². The molecule has 8 nitrogen and oxygen atoms in total. The summed E-state index contributed by atoms with van der Waals surface area (Å²) in [6.45, 7) is 5.32. The van der Waals surface area contributed by atoms with Crippen molar-refractivity contribution in [1.29, 1.82) is 0 Å². The van der Waals surface area contributed by atoms with E-state index in [1.54, 1.807) is 18.2 Å². The average molecular weight is 473 g/mol. The Labute approximate surface area is 203 Å². The predicted molar refractivity (Wildman–Crippen MR) is 132 cm³/mol. The number of hydrogen-bond donors (Lipinski definition) is 1. The fourth-order valence-corrected chi connectivity index (χ4v) is 4.47. The van der Waals surface area contributed by atoms with Crippen molar-refractivity contribution in [2.45, 2.75) is 19.5 Å². The molecule has 1 N–H and O–H groups in total. The first-order chi connectivity index (χ1) is 17.1. The highest BCUT2D eigenvalue weighted by Gasteiger charge is 2.26. The number of amides is 1.